The molecule has 0 fully saturated rings. The van der Waals surface area contributed by atoms with E-state index >= 15 is 0 Å². The molecule has 18 heavy (non-hydrogen) atoms. The Hall–Kier alpha value is -0.770. The van der Waals surface area contributed by atoms with Crippen molar-refractivity contribution in [1.29, 1.82) is 0 Å². The summed E-state index contributed by atoms with van der Waals surface area (Å²) in [5.74, 6) is 0.0863. The van der Waals surface area contributed by atoms with Crippen LogP contribution in [0.4, 0.5) is 0 Å². The molecule has 1 aliphatic carbocycles. The predicted octanol–water partition coefficient (Wildman–Crippen LogP) is 2.60. The lowest BCUT2D eigenvalue weighted by molar-refractivity contribution is -0.121. The first-order valence-corrected chi connectivity index (χ1v) is 6.36. The van der Waals surface area contributed by atoms with Crippen molar-refractivity contribution in [3.63, 3.8) is 0 Å². The number of nitrogens with one attached hydrogen (secondary N) is 1. The Bertz CT molecular complexity index is 423. The number of benzene rings is 1. The Kier molecular flexibility index (Phi) is 5.93. The zero-order chi connectivity index (χ0) is 12.3. The van der Waals surface area contributed by atoms with Crippen LogP contribution in [0, 0.1) is 0 Å². The zero-order valence-electron chi connectivity index (χ0n) is 10.1. The van der Waals surface area contributed by atoms with Gasteiger partial charge in [-0.1, -0.05) is 17.7 Å². The minimum atomic E-state index is 0. The molecule has 1 aliphatic rings. The van der Waals surface area contributed by atoms with Crippen LogP contribution < -0.4 is 11.1 Å². The third-order valence-corrected chi connectivity index (χ3v) is 3.36. The minimum absolute atomic E-state index is 0. The lowest BCUT2D eigenvalue weighted by atomic mass is 10.1. The average molecular weight is 289 g/mol. The molecule has 2 rings (SSSR count). The van der Waals surface area contributed by atoms with Gasteiger partial charge in [0.05, 0.1) is 6.04 Å². The maximum absolute atomic E-state index is 11.6. The largest absolute Gasteiger partial charge is 0.349 e. The second kappa shape index (κ2) is 6.98. The van der Waals surface area contributed by atoms with E-state index in [0.29, 0.717) is 13.0 Å². The molecule has 0 saturated carbocycles. The second-order valence-electron chi connectivity index (χ2n) is 4.39. The number of nitrogens with two attached hydrogens (primary N) is 1. The number of hydrogen-bond donors (Lipinski definition) is 2. The Labute approximate surface area is 118 Å². The lowest BCUT2D eigenvalue weighted by Gasteiger charge is -2.14. The zero-order valence-corrected chi connectivity index (χ0v) is 11.7. The third kappa shape index (κ3) is 3.61. The molecule has 1 unspecified atom stereocenters. The number of amides is 1. The summed E-state index contributed by atoms with van der Waals surface area (Å²) in [5, 5.41) is 3.81. The molecule has 3 N–H and O–H groups in total. The molecule has 0 spiro atoms. The number of aryl methyl sites for hydroxylation is 1. The summed E-state index contributed by atoms with van der Waals surface area (Å²) in [4.78, 5) is 11.6. The second-order valence-corrected chi connectivity index (χ2v) is 4.83. The van der Waals surface area contributed by atoms with E-state index in [4.69, 9.17) is 17.3 Å². The van der Waals surface area contributed by atoms with Crippen LogP contribution in [0.2, 0.25) is 5.02 Å². The van der Waals surface area contributed by atoms with Crippen molar-refractivity contribution in [3.05, 3.63) is 34.3 Å². The summed E-state index contributed by atoms with van der Waals surface area (Å²) in [7, 11) is 0. The molecule has 1 aromatic carbocycles. The number of hydrogen-bond acceptors (Lipinski definition) is 2. The van der Waals surface area contributed by atoms with E-state index in [1.165, 1.54) is 11.1 Å². The summed E-state index contributed by atoms with van der Waals surface area (Å²) in [6.07, 6.45) is 3.20. The molecule has 0 heterocycles. The van der Waals surface area contributed by atoms with E-state index in [1.54, 1.807) is 0 Å². The van der Waals surface area contributed by atoms with Crippen LogP contribution in [0.5, 0.6) is 0 Å². The van der Waals surface area contributed by atoms with E-state index in [-0.39, 0.29) is 24.4 Å². The molecule has 5 heteroatoms. The normalized spacial score (nSPS) is 16.9. The van der Waals surface area contributed by atoms with Crippen LogP contribution in [-0.4, -0.2) is 12.5 Å². The smallest absolute Gasteiger partial charge is 0.220 e. The third-order valence-electron chi connectivity index (χ3n) is 3.13. The molecular formula is C13H18Cl2N2O. The SMILES string of the molecule is Cl.NCCCC(=O)NC1CCc2cc(Cl)ccc21. The van der Waals surface area contributed by atoms with Gasteiger partial charge in [-0.15, -0.1) is 12.4 Å². The van der Waals surface area contributed by atoms with Gasteiger partial charge < -0.3 is 11.1 Å². The number of halogens is 2. The van der Waals surface area contributed by atoms with Crippen LogP contribution in [0.25, 0.3) is 0 Å². The highest BCUT2D eigenvalue weighted by Gasteiger charge is 2.23. The van der Waals surface area contributed by atoms with Gasteiger partial charge >= 0.3 is 0 Å². The van der Waals surface area contributed by atoms with Gasteiger partial charge in [0.2, 0.25) is 5.91 Å². The molecule has 3 nitrogen and oxygen atoms in total. The maximum Gasteiger partial charge on any atom is 0.220 e. The van der Waals surface area contributed by atoms with Gasteiger partial charge in [0.25, 0.3) is 0 Å². The lowest BCUT2D eigenvalue weighted by Crippen LogP contribution is -2.27. The highest BCUT2D eigenvalue weighted by Crippen LogP contribution is 2.32. The summed E-state index contributed by atoms with van der Waals surface area (Å²) in [6, 6.07) is 6.03. The molecule has 0 radical (unpaired) electrons. The van der Waals surface area contributed by atoms with Crippen molar-refractivity contribution in [1.82, 2.24) is 5.32 Å². The standard InChI is InChI=1S/C13H17ClN2O.ClH/c14-10-4-5-11-9(8-10)3-6-12(11)16-13(17)2-1-7-15;/h4-5,8,12H,1-3,6-7,15H2,(H,16,17);1H. The Morgan fingerprint density at radius 1 is 1.50 bits per heavy atom. The van der Waals surface area contributed by atoms with Gasteiger partial charge in [-0.25, -0.2) is 0 Å². The van der Waals surface area contributed by atoms with E-state index in [2.05, 4.69) is 5.32 Å². The van der Waals surface area contributed by atoms with Gasteiger partial charge in [0.15, 0.2) is 0 Å². The van der Waals surface area contributed by atoms with Gasteiger partial charge in [-0.05, 0) is 49.1 Å². The summed E-state index contributed by atoms with van der Waals surface area (Å²) in [5.41, 5.74) is 7.84. The average Bonchev–Trinajstić information content (AvgIpc) is 2.69. The Morgan fingerprint density at radius 2 is 2.28 bits per heavy atom. The Balaban J connectivity index is 0.00000162. The van der Waals surface area contributed by atoms with Crippen molar-refractivity contribution in [2.45, 2.75) is 31.7 Å². The molecule has 0 aliphatic heterocycles. The predicted molar refractivity (Wildman–Crippen MR) is 76.2 cm³/mol. The van der Waals surface area contributed by atoms with E-state index < -0.39 is 0 Å². The summed E-state index contributed by atoms with van der Waals surface area (Å²) >= 11 is 5.94. The van der Waals surface area contributed by atoms with Crippen molar-refractivity contribution in [2.75, 3.05) is 6.54 Å². The fourth-order valence-electron chi connectivity index (χ4n) is 2.27. The molecule has 1 atom stereocenters. The highest BCUT2D eigenvalue weighted by atomic mass is 35.5. The van der Waals surface area contributed by atoms with Gasteiger partial charge in [0.1, 0.15) is 0 Å². The molecule has 100 valence electrons. The van der Waals surface area contributed by atoms with E-state index in [9.17, 15) is 4.79 Å². The van der Waals surface area contributed by atoms with Crippen molar-refractivity contribution >= 4 is 29.9 Å². The first-order valence-electron chi connectivity index (χ1n) is 5.98. The highest BCUT2D eigenvalue weighted by molar-refractivity contribution is 6.30. The topological polar surface area (TPSA) is 55.1 Å². The van der Waals surface area contributed by atoms with Crippen LogP contribution in [0.3, 0.4) is 0 Å². The van der Waals surface area contributed by atoms with Crippen molar-refractivity contribution in [2.24, 2.45) is 5.73 Å². The van der Waals surface area contributed by atoms with E-state index in [1.807, 2.05) is 18.2 Å². The van der Waals surface area contributed by atoms with Gasteiger partial charge in [-0.2, -0.15) is 0 Å². The van der Waals surface area contributed by atoms with Crippen LogP contribution >= 0.6 is 24.0 Å². The number of fused-ring (bicyclic) bond motifs is 1. The van der Waals surface area contributed by atoms with Crippen molar-refractivity contribution < 1.29 is 4.79 Å². The summed E-state index contributed by atoms with van der Waals surface area (Å²) in [6.45, 7) is 0.560. The first kappa shape index (κ1) is 15.3. The van der Waals surface area contributed by atoms with Crippen LogP contribution in [0.15, 0.2) is 18.2 Å². The number of carbonyl (C=O) groups is 1. The van der Waals surface area contributed by atoms with Crippen LogP contribution in [-0.2, 0) is 11.2 Å². The minimum Gasteiger partial charge on any atom is -0.349 e. The fourth-order valence-corrected chi connectivity index (χ4v) is 2.46. The first-order chi connectivity index (χ1) is 8.20. The monoisotopic (exact) mass is 288 g/mol. The molecule has 1 aromatic rings. The van der Waals surface area contributed by atoms with E-state index in [0.717, 1.165) is 24.3 Å². The number of carbonyl (C=O) groups excluding carboxylic acids is 1. The molecule has 1 amide bonds. The van der Waals surface area contributed by atoms with Gasteiger partial charge in [-0.3, -0.25) is 4.79 Å². The Morgan fingerprint density at radius 3 is 3.00 bits per heavy atom. The van der Waals surface area contributed by atoms with Crippen molar-refractivity contribution in [3.8, 4) is 0 Å². The molecule has 0 aromatic heterocycles. The fraction of sp³-hybridized carbons (Fsp3) is 0.462. The number of rotatable bonds is 4. The van der Waals surface area contributed by atoms with Crippen LogP contribution in [0.1, 0.15) is 36.4 Å². The maximum atomic E-state index is 11.6. The molecule has 0 saturated heterocycles. The quantitative estimate of drug-likeness (QED) is 0.895. The molecule has 0 bridgehead atoms. The van der Waals surface area contributed by atoms with Gasteiger partial charge in [0, 0.05) is 11.4 Å². The summed E-state index contributed by atoms with van der Waals surface area (Å²) < 4.78 is 0. The molecular weight excluding hydrogens is 271 g/mol.